The van der Waals surface area contributed by atoms with Crippen LogP contribution < -0.4 is 9.62 Å². The molecular formula is C24H25ClN2O3S. The normalized spacial score (nSPS) is 11.2. The van der Waals surface area contributed by atoms with E-state index in [2.05, 4.69) is 5.32 Å². The smallest absolute Gasteiger partial charge is 0.251 e. The number of rotatable bonds is 8. The highest BCUT2D eigenvalue weighted by molar-refractivity contribution is 7.92. The number of aryl methyl sites for hydroxylation is 1. The molecule has 0 aromatic heterocycles. The Kier molecular flexibility index (Phi) is 7.36. The average Bonchev–Trinajstić information content (AvgIpc) is 2.73. The molecule has 7 heteroatoms. The molecule has 3 aromatic carbocycles. The zero-order valence-electron chi connectivity index (χ0n) is 17.5. The minimum absolute atomic E-state index is 0.167. The zero-order valence-corrected chi connectivity index (χ0v) is 19.1. The van der Waals surface area contributed by atoms with Crippen LogP contribution in [0, 0.1) is 6.92 Å². The number of halogens is 1. The number of hydrogen-bond acceptors (Lipinski definition) is 3. The van der Waals surface area contributed by atoms with Gasteiger partial charge in [-0.3, -0.25) is 9.10 Å². The van der Waals surface area contributed by atoms with Crippen LogP contribution in [0.5, 0.6) is 0 Å². The summed E-state index contributed by atoms with van der Waals surface area (Å²) in [5, 5.41) is 3.59. The first-order chi connectivity index (χ1) is 14.7. The number of nitrogens with zero attached hydrogens (tertiary/aromatic N) is 1. The molecule has 0 fully saturated rings. The summed E-state index contributed by atoms with van der Waals surface area (Å²) in [4.78, 5) is 12.4. The Labute approximate surface area is 188 Å². The van der Waals surface area contributed by atoms with E-state index in [1.807, 2.05) is 49.4 Å². The maximum Gasteiger partial charge on any atom is 0.251 e. The minimum atomic E-state index is -3.45. The van der Waals surface area contributed by atoms with Crippen LogP contribution in [0.1, 0.15) is 27.0 Å². The lowest BCUT2D eigenvalue weighted by Crippen LogP contribution is -2.29. The van der Waals surface area contributed by atoms with E-state index in [9.17, 15) is 13.2 Å². The van der Waals surface area contributed by atoms with Gasteiger partial charge in [-0.05, 0) is 66.4 Å². The molecule has 0 bridgehead atoms. The van der Waals surface area contributed by atoms with Crippen molar-refractivity contribution in [2.75, 3.05) is 17.1 Å². The first-order valence-electron chi connectivity index (χ1n) is 9.88. The number of nitrogens with one attached hydrogen (secondary N) is 1. The van der Waals surface area contributed by atoms with E-state index in [0.717, 1.165) is 16.7 Å². The van der Waals surface area contributed by atoms with Crippen LogP contribution in [0.4, 0.5) is 5.69 Å². The molecule has 1 N–H and O–H groups in total. The third-order valence-corrected chi connectivity index (χ3v) is 6.24. The molecule has 0 aliphatic carbocycles. The predicted molar refractivity (Wildman–Crippen MR) is 126 cm³/mol. The lowest BCUT2D eigenvalue weighted by Gasteiger charge is -2.23. The molecule has 3 rings (SSSR count). The van der Waals surface area contributed by atoms with Crippen LogP contribution in [0.2, 0.25) is 5.02 Å². The van der Waals surface area contributed by atoms with Gasteiger partial charge in [-0.15, -0.1) is 0 Å². The third-order valence-electron chi connectivity index (χ3n) is 4.84. The standard InChI is InChI=1S/C24H25ClN2O3S/c1-18-4-3-5-23(16-18)27(31(2,29)30)17-20-6-10-21(11-7-20)24(28)26-15-14-19-8-12-22(25)13-9-19/h3-13,16H,14-15,17H2,1-2H3,(H,26,28). The predicted octanol–water partition coefficient (Wildman–Crippen LogP) is 4.59. The summed E-state index contributed by atoms with van der Waals surface area (Å²) in [6.07, 6.45) is 1.90. The molecule has 3 aromatic rings. The Bertz CT molecular complexity index is 1140. The second-order valence-electron chi connectivity index (χ2n) is 7.44. The van der Waals surface area contributed by atoms with Gasteiger partial charge in [0, 0.05) is 17.1 Å². The first-order valence-corrected chi connectivity index (χ1v) is 12.1. The Morgan fingerprint density at radius 1 is 0.968 bits per heavy atom. The van der Waals surface area contributed by atoms with E-state index in [4.69, 9.17) is 11.6 Å². The summed E-state index contributed by atoms with van der Waals surface area (Å²) >= 11 is 5.88. The van der Waals surface area contributed by atoms with Crippen LogP contribution in [0.15, 0.2) is 72.8 Å². The Morgan fingerprint density at radius 2 is 1.61 bits per heavy atom. The van der Waals surface area contributed by atoms with Crippen molar-refractivity contribution in [1.29, 1.82) is 0 Å². The lowest BCUT2D eigenvalue weighted by atomic mass is 10.1. The van der Waals surface area contributed by atoms with Gasteiger partial charge in [0.25, 0.3) is 5.91 Å². The van der Waals surface area contributed by atoms with E-state index >= 15 is 0 Å². The van der Waals surface area contributed by atoms with Crippen molar-refractivity contribution in [3.63, 3.8) is 0 Å². The van der Waals surface area contributed by atoms with Gasteiger partial charge in [0.15, 0.2) is 0 Å². The molecule has 0 saturated carbocycles. The van der Waals surface area contributed by atoms with Crippen LogP contribution in [0.25, 0.3) is 0 Å². The molecule has 0 spiro atoms. The second-order valence-corrected chi connectivity index (χ2v) is 9.78. The lowest BCUT2D eigenvalue weighted by molar-refractivity contribution is 0.0954. The Hall–Kier alpha value is -2.83. The largest absolute Gasteiger partial charge is 0.352 e. The molecule has 1 amide bonds. The van der Waals surface area contributed by atoms with Crippen molar-refractivity contribution in [3.05, 3.63) is 100 Å². The highest BCUT2D eigenvalue weighted by Crippen LogP contribution is 2.22. The highest BCUT2D eigenvalue weighted by Gasteiger charge is 2.18. The van der Waals surface area contributed by atoms with Gasteiger partial charge in [0.2, 0.25) is 10.0 Å². The fourth-order valence-corrected chi connectivity index (χ4v) is 4.19. The summed E-state index contributed by atoms with van der Waals surface area (Å²) in [6, 6.07) is 21.9. The van der Waals surface area contributed by atoms with Crippen molar-refractivity contribution >= 4 is 33.2 Å². The number of benzene rings is 3. The van der Waals surface area contributed by atoms with Crippen molar-refractivity contribution in [1.82, 2.24) is 5.32 Å². The molecule has 0 aliphatic rings. The van der Waals surface area contributed by atoms with E-state index in [0.29, 0.717) is 29.2 Å². The first kappa shape index (κ1) is 22.8. The third kappa shape index (κ3) is 6.57. The van der Waals surface area contributed by atoms with Crippen molar-refractivity contribution in [2.24, 2.45) is 0 Å². The van der Waals surface area contributed by atoms with Crippen LogP contribution in [-0.4, -0.2) is 27.1 Å². The SMILES string of the molecule is Cc1cccc(N(Cc2ccc(C(=O)NCCc3ccc(Cl)cc3)cc2)S(C)(=O)=O)c1. The van der Waals surface area contributed by atoms with E-state index < -0.39 is 10.0 Å². The maximum absolute atomic E-state index is 12.4. The molecule has 0 heterocycles. The number of hydrogen-bond donors (Lipinski definition) is 1. The number of amides is 1. The van der Waals surface area contributed by atoms with E-state index in [-0.39, 0.29) is 12.5 Å². The summed E-state index contributed by atoms with van der Waals surface area (Å²) in [6.45, 7) is 2.63. The molecule has 0 atom stereocenters. The number of anilines is 1. The quantitative estimate of drug-likeness (QED) is 0.539. The van der Waals surface area contributed by atoms with Crippen molar-refractivity contribution in [3.8, 4) is 0 Å². The zero-order chi connectivity index (χ0) is 22.4. The number of sulfonamides is 1. The molecule has 0 radical (unpaired) electrons. The molecule has 0 aliphatic heterocycles. The Balaban J connectivity index is 1.63. The summed E-state index contributed by atoms with van der Waals surface area (Å²) in [5.74, 6) is -0.167. The van der Waals surface area contributed by atoms with Gasteiger partial charge in [0.05, 0.1) is 18.5 Å². The minimum Gasteiger partial charge on any atom is -0.352 e. The molecule has 5 nitrogen and oxygen atoms in total. The molecular weight excluding hydrogens is 432 g/mol. The van der Waals surface area contributed by atoms with Crippen molar-refractivity contribution in [2.45, 2.75) is 19.9 Å². The second kappa shape index (κ2) is 9.98. The van der Waals surface area contributed by atoms with Gasteiger partial charge in [0.1, 0.15) is 0 Å². The maximum atomic E-state index is 12.4. The molecule has 31 heavy (non-hydrogen) atoms. The van der Waals surface area contributed by atoms with Gasteiger partial charge < -0.3 is 5.32 Å². The topological polar surface area (TPSA) is 66.5 Å². The van der Waals surface area contributed by atoms with E-state index in [1.54, 1.807) is 30.3 Å². The van der Waals surface area contributed by atoms with E-state index in [1.165, 1.54) is 10.6 Å². The summed E-state index contributed by atoms with van der Waals surface area (Å²) < 4.78 is 26.0. The summed E-state index contributed by atoms with van der Waals surface area (Å²) in [7, 11) is -3.45. The number of carbonyl (C=O) groups excluding carboxylic acids is 1. The van der Waals surface area contributed by atoms with Gasteiger partial charge in [-0.1, -0.05) is 48.0 Å². The summed E-state index contributed by atoms with van der Waals surface area (Å²) in [5.41, 5.74) is 4.02. The van der Waals surface area contributed by atoms with Gasteiger partial charge >= 0.3 is 0 Å². The fourth-order valence-electron chi connectivity index (χ4n) is 3.18. The Morgan fingerprint density at radius 3 is 2.23 bits per heavy atom. The molecule has 0 unspecified atom stereocenters. The van der Waals surface area contributed by atoms with Gasteiger partial charge in [-0.2, -0.15) is 0 Å². The van der Waals surface area contributed by atoms with Crippen molar-refractivity contribution < 1.29 is 13.2 Å². The van der Waals surface area contributed by atoms with Gasteiger partial charge in [-0.25, -0.2) is 8.42 Å². The average molecular weight is 457 g/mol. The fraction of sp³-hybridized carbons (Fsp3) is 0.208. The molecule has 162 valence electrons. The van der Waals surface area contributed by atoms with Crippen LogP contribution in [0.3, 0.4) is 0 Å². The van der Waals surface area contributed by atoms with Crippen LogP contribution in [-0.2, 0) is 23.0 Å². The highest BCUT2D eigenvalue weighted by atomic mass is 35.5. The number of carbonyl (C=O) groups is 1. The van der Waals surface area contributed by atoms with Crippen LogP contribution >= 0.6 is 11.6 Å². The molecule has 0 saturated heterocycles. The monoisotopic (exact) mass is 456 g/mol.